The van der Waals surface area contributed by atoms with Gasteiger partial charge >= 0.3 is 5.97 Å². The fraction of sp³-hybridized carbons (Fsp3) is 0.438. The molecule has 22 heavy (non-hydrogen) atoms. The van der Waals surface area contributed by atoms with Crippen LogP contribution in [0.25, 0.3) is 10.9 Å². The maximum Gasteiger partial charge on any atom is 0.329 e. The van der Waals surface area contributed by atoms with Gasteiger partial charge < -0.3 is 9.64 Å². The van der Waals surface area contributed by atoms with Crippen LogP contribution in [0, 0.1) is 0 Å². The van der Waals surface area contributed by atoms with E-state index in [4.69, 9.17) is 16.3 Å². The van der Waals surface area contributed by atoms with Crippen LogP contribution >= 0.6 is 11.6 Å². The summed E-state index contributed by atoms with van der Waals surface area (Å²) in [6, 6.07) is 4.94. The van der Waals surface area contributed by atoms with Crippen LogP contribution in [-0.2, 0) is 9.53 Å². The van der Waals surface area contributed by atoms with E-state index in [0.29, 0.717) is 10.8 Å². The van der Waals surface area contributed by atoms with Crippen LogP contribution < -0.4 is 4.90 Å². The van der Waals surface area contributed by atoms with Crippen molar-refractivity contribution in [2.75, 3.05) is 11.9 Å². The molecular formula is C16H20ClN3O2. The number of benzene rings is 1. The normalized spacial score (nSPS) is 13.0. The van der Waals surface area contributed by atoms with Crippen LogP contribution in [0.15, 0.2) is 24.5 Å². The summed E-state index contributed by atoms with van der Waals surface area (Å²) in [7, 11) is 1.81. The molecule has 2 rings (SSSR count). The van der Waals surface area contributed by atoms with E-state index in [2.05, 4.69) is 9.97 Å². The monoisotopic (exact) mass is 321 g/mol. The number of carbonyl (C=O) groups excluding carboxylic acids is 1. The number of aromatic nitrogens is 2. The molecule has 1 aromatic heterocycles. The molecule has 0 aliphatic heterocycles. The molecule has 0 fully saturated rings. The molecule has 2 aromatic rings. The Balaban J connectivity index is 2.33. The number of rotatable bonds is 3. The molecule has 118 valence electrons. The fourth-order valence-electron chi connectivity index (χ4n) is 2.03. The quantitative estimate of drug-likeness (QED) is 0.810. The predicted molar refractivity (Wildman–Crippen MR) is 88.3 cm³/mol. The molecule has 0 bridgehead atoms. The highest BCUT2D eigenvalue weighted by Gasteiger charge is 2.26. The third-order valence-corrected chi connectivity index (χ3v) is 3.48. The van der Waals surface area contributed by atoms with Gasteiger partial charge in [0, 0.05) is 17.5 Å². The van der Waals surface area contributed by atoms with Gasteiger partial charge in [-0.05, 0) is 45.9 Å². The third-order valence-electron chi connectivity index (χ3n) is 3.24. The molecule has 6 heteroatoms. The number of ether oxygens (including phenoxy) is 1. The van der Waals surface area contributed by atoms with Crippen molar-refractivity contribution in [2.24, 2.45) is 0 Å². The van der Waals surface area contributed by atoms with Crippen molar-refractivity contribution in [3.8, 4) is 0 Å². The molecule has 5 nitrogen and oxygen atoms in total. The van der Waals surface area contributed by atoms with E-state index < -0.39 is 11.6 Å². The number of likely N-dealkylation sites (N-methyl/N-ethyl adjacent to an activating group) is 1. The molecule has 0 radical (unpaired) electrons. The SMILES string of the molecule is C[C@@H](C(=O)OC(C)(C)C)N(C)c1ncnc2cc(Cl)ccc12. The Kier molecular flexibility index (Phi) is 4.56. The second kappa shape index (κ2) is 6.08. The van der Waals surface area contributed by atoms with Crippen LogP contribution in [-0.4, -0.2) is 34.6 Å². The number of anilines is 1. The molecule has 0 aliphatic rings. The summed E-state index contributed by atoms with van der Waals surface area (Å²) in [5.41, 5.74) is 0.216. The highest BCUT2D eigenvalue weighted by Crippen LogP contribution is 2.26. The number of hydrogen-bond acceptors (Lipinski definition) is 5. The van der Waals surface area contributed by atoms with Crippen LogP contribution in [0.1, 0.15) is 27.7 Å². The third kappa shape index (κ3) is 3.65. The molecule has 0 amide bonds. The van der Waals surface area contributed by atoms with Gasteiger partial charge in [0.05, 0.1) is 5.52 Å². The van der Waals surface area contributed by atoms with E-state index in [0.717, 1.165) is 10.9 Å². The number of carbonyl (C=O) groups is 1. The zero-order chi connectivity index (χ0) is 16.5. The van der Waals surface area contributed by atoms with Crippen molar-refractivity contribution >= 4 is 34.3 Å². The van der Waals surface area contributed by atoms with Crippen LogP contribution in [0.2, 0.25) is 5.02 Å². The van der Waals surface area contributed by atoms with E-state index in [1.54, 1.807) is 24.0 Å². The molecule has 1 heterocycles. The molecule has 0 aliphatic carbocycles. The Morgan fingerprint density at radius 1 is 1.32 bits per heavy atom. The zero-order valence-corrected chi connectivity index (χ0v) is 14.2. The van der Waals surface area contributed by atoms with E-state index >= 15 is 0 Å². The first-order valence-electron chi connectivity index (χ1n) is 7.05. The topological polar surface area (TPSA) is 55.3 Å². The summed E-state index contributed by atoms with van der Waals surface area (Å²) in [5.74, 6) is 0.371. The van der Waals surface area contributed by atoms with Gasteiger partial charge in [0.2, 0.25) is 0 Å². The van der Waals surface area contributed by atoms with Crippen molar-refractivity contribution in [3.05, 3.63) is 29.5 Å². The highest BCUT2D eigenvalue weighted by atomic mass is 35.5. The van der Waals surface area contributed by atoms with Crippen molar-refractivity contribution in [1.82, 2.24) is 9.97 Å². The lowest BCUT2D eigenvalue weighted by Crippen LogP contribution is -2.41. The molecule has 0 saturated carbocycles. The summed E-state index contributed by atoms with van der Waals surface area (Å²) in [5, 5.41) is 1.45. The van der Waals surface area contributed by atoms with Gasteiger partial charge in [-0.15, -0.1) is 0 Å². The first kappa shape index (κ1) is 16.5. The van der Waals surface area contributed by atoms with Crippen molar-refractivity contribution < 1.29 is 9.53 Å². The van der Waals surface area contributed by atoms with Gasteiger partial charge in [0.25, 0.3) is 0 Å². The minimum absolute atomic E-state index is 0.296. The van der Waals surface area contributed by atoms with E-state index in [-0.39, 0.29) is 5.97 Å². The van der Waals surface area contributed by atoms with Gasteiger partial charge in [-0.2, -0.15) is 0 Å². The van der Waals surface area contributed by atoms with E-state index in [1.165, 1.54) is 6.33 Å². The van der Waals surface area contributed by atoms with Crippen molar-refractivity contribution in [3.63, 3.8) is 0 Å². The number of fused-ring (bicyclic) bond motifs is 1. The Bertz CT molecular complexity index is 697. The molecule has 0 spiro atoms. The lowest BCUT2D eigenvalue weighted by molar-refractivity contribution is -0.156. The van der Waals surface area contributed by atoms with Crippen molar-refractivity contribution in [2.45, 2.75) is 39.3 Å². The first-order chi connectivity index (χ1) is 10.2. The minimum atomic E-state index is -0.520. The fourth-order valence-corrected chi connectivity index (χ4v) is 2.19. The second-order valence-electron chi connectivity index (χ2n) is 6.18. The molecule has 0 N–H and O–H groups in total. The molecule has 1 atom stereocenters. The summed E-state index contributed by atoms with van der Waals surface area (Å²) in [6.45, 7) is 7.33. The average Bonchev–Trinajstić information content (AvgIpc) is 2.42. The summed E-state index contributed by atoms with van der Waals surface area (Å²) < 4.78 is 5.43. The molecule has 1 aromatic carbocycles. The van der Waals surface area contributed by atoms with E-state index in [1.807, 2.05) is 33.9 Å². The van der Waals surface area contributed by atoms with Crippen LogP contribution in [0.3, 0.4) is 0 Å². The van der Waals surface area contributed by atoms with Gasteiger partial charge in [-0.25, -0.2) is 14.8 Å². The summed E-state index contributed by atoms with van der Waals surface area (Å²) in [4.78, 5) is 22.5. The van der Waals surface area contributed by atoms with Gasteiger partial charge in [0.1, 0.15) is 23.8 Å². The van der Waals surface area contributed by atoms with E-state index in [9.17, 15) is 4.79 Å². The number of nitrogens with zero attached hydrogens (tertiary/aromatic N) is 3. The molecular weight excluding hydrogens is 302 g/mol. The maximum absolute atomic E-state index is 12.2. The standard InChI is InChI=1S/C16H20ClN3O2/c1-10(15(21)22-16(2,3)4)20(5)14-12-7-6-11(17)8-13(12)18-9-19-14/h6-10H,1-5H3/t10-/m0/s1. The second-order valence-corrected chi connectivity index (χ2v) is 6.62. The Morgan fingerprint density at radius 2 is 2.00 bits per heavy atom. The Morgan fingerprint density at radius 3 is 2.64 bits per heavy atom. The average molecular weight is 322 g/mol. The van der Waals surface area contributed by atoms with Gasteiger partial charge in [-0.1, -0.05) is 11.6 Å². The Labute approximate surface area is 135 Å². The van der Waals surface area contributed by atoms with Crippen LogP contribution in [0.4, 0.5) is 5.82 Å². The summed E-state index contributed by atoms with van der Waals surface area (Å²) >= 11 is 5.99. The molecule has 0 unspecified atom stereocenters. The number of halogens is 1. The number of hydrogen-bond donors (Lipinski definition) is 0. The lowest BCUT2D eigenvalue weighted by atomic mass is 10.1. The Hall–Kier alpha value is -1.88. The number of esters is 1. The smallest absolute Gasteiger partial charge is 0.329 e. The highest BCUT2D eigenvalue weighted by molar-refractivity contribution is 6.31. The predicted octanol–water partition coefficient (Wildman–Crippen LogP) is 3.45. The minimum Gasteiger partial charge on any atom is -0.458 e. The molecule has 0 saturated heterocycles. The first-order valence-corrected chi connectivity index (χ1v) is 7.43. The zero-order valence-electron chi connectivity index (χ0n) is 13.4. The maximum atomic E-state index is 12.2. The van der Waals surface area contributed by atoms with Gasteiger partial charge in [-0.3, -0.25) is 0 Å². The summed E-state index contributed by atoms with van der Waals surface area (Å²) in [6.07, 6.45) is 1.46. The van der Waals surface area contributed by atoms with Crippen LogP contribution in [0.5, 0.6) is 0 Å². The van der Waals surface area contributed by atoms with Gasteiger partial charge in [0.15, 0.2) is 0 Å². The largest absolute Gasteiger partial charge is 0.458 e. The van der Waals surface area contributed by atoms with Crippen molar-refractivity contribution in [1.29, 1.82) is 0 Å². The lowest BCUT2D eigenvalue weighted by Gasteiger charge is -2.28.